The lowest BCUT2D eigenvalue weighted by molar-refractivity contribution is 0.0915. The van der Waals surface area contributed by atoms with E-state index in [9.17, 15) is 4.79 Å². The Morgan fingerprint density at radius 3 is 2.86 bits per heavy atom. The molecule has 6 nitrogen and oxygen atoms in total. The number of rotatable bonds is 4. The number of hydrogen-bond acceptors (Lipinski definition) is 4. The molecule has 1 amide bonds. The molecule has 0 bridgehead atoms. The van der Waals surface area contributed by atoms with Crippen LogP contribution in [0.5, 0.6) is 0 Å². The number of carbonyl (C=O) groups is 1. The average Bonchev–Trinajstić information content (AvgIpc) is 3.06. The Balaban J connectivity index is 1.66. The van der Waals surface area contributed by atoms with Gasteiger partial charge in [-0.25, -0.2) is 0 Å². The molecule has 1 aliphatic rings. The Bertz CT molecular complexity index is 653. The monoisotopic (exact) mass is 300 g/mol. The van der Waals surface area contributed by atoms with Crippen LogP contribution < -0.4 is 5.32 Å². The summed E-state index contributed by atoms with van der Waals surface area (Å²) in [6.07, 6.45) is 4.45. The molecule has 2 aromatic rings. The summed E-state index contributed by atoms with van der Waals surface area (Å²) < 4.78 is 7.17. The molecule has 0 spiro atoms. The fraction of sp³-hybridized carbons (Fsp3) is 0.438. The SMILES string of the molecule is Cc1cc(C(=O)N[C@@H]2COC[C@H]2Cc2ccncc2)n(C)n1. The largest absolute Gasteiger partial charge is 0.379 e. The Hall–Kier alpha value is -2.21. The van der Waals surface area contributed by atoms with Crippen LogP contribution >= 0.6 is 0 Å². The third kappa shape index (κ3) is 3.17. The third-order valence-corrected chi connectivity index (χ3v) is 4.00. The van der Waals surface area contributed by atoms with Gasteiger partial charge in [-0.2, -0.15) is 5.10 Å². The third-order valence-electron chi connectivity index (χ3n) is 4.00. The molecule has 1 saturated heterocycles. The van der Waals surface area contributed by atoms with E-state index in [0.717, 1.165) is 12.1 Å². The molecule has 0 radical (unpaired) electrons. The Morgan fingerprint density at radius 2 is 2.18 bits per heavy atom. The number of nitrogens with one attached hydrogen (secondary N) is 1. The number of carbonyl (C=O) groups excluding carboxylic acids is 1. The van der Waals surface area contributed by atoms with Gasteiger partial charge in [0.05, 0.1) is 24.9 Å². The number of pyridine rings is 1. The van der Waals surface area contributed by atoms with Crippen molar-refractivity contribution in [1.82, 2.24) is 20.1 Å². The molecule has 1 N–H and O–H groups in total. The van der Waals surface area contributed by atoms with E-state index in [-0.39, 0.29) is 17.9 Å². The molecule has 2 aromatic heterocycles. The highest BCUT2D eigenvalue weighted by atomic mass is 16.5. The van der Waals surface area contributed by atoms with Gasteiger partial charge < -0.3 is 10.1 Å². The van der Waals surface area contributed by atoms with E-state index < -0.39 is 0 Å². The molecule has 3 rings (SSSR count). The van der Waals surface area contributed by atoms with Gasteiger partial charge in [-0.3, -0.25) is 14.5 Å². The molecule has 1 fully saturated rings. The van der Waals surface area contributed by atoms with Gasteiger partial charge in [-0.15, -0.1) is 0 Å². The molecular formula is C16H20N4O2. The van der Waals surface area contributed by atoms with Crippen LogP contribution in [0.1, 0.15) is 21.7 Å². The second-order valence-electron chi connectivity index (χ2n) is 5.73. The Kier molecular flexibility index (Phi) is 4.20. The highest BCUT2D eigenvalue weighted by molar-refractivity contribution is 5.92. The zero-order valence-corrected chi connectivity index (χ0v) is 12.8. The number of aromatic nitrogens is 3. The maximum absolute atomic E-state index is 12.4. The lowest BCUT2D eigenvalue weighted by atomic mass is 9.95. The van der Waals surface area contributed by atoms with Crippen molar-refractivity contribution in [2.75, 3.05) is 13.2 Å². The van der Waals surface area contributed by atoms with Gasteiger partial charge in [0.25, 0.3) is 5.91 Å². The van der Waals surface area contributed by atoms with E-state index in [4.69, 9.17) is 4.74 Å². The Labute approximate surface area is 129 Å². The van der Waals surface area contributed by atoms with Gasteiger partial charge >= 0.3 is 0 Å². The molecule has 0 aliphatic carbocycles. The molecule has 22 heavy (non-hydrogen) atoms. The molecule has 6 heteroatoms. The summed E-state index contributed by atoms with van der Waals surface area (Å²) in [4.78, 5) is 16.4. The average molecular weight is 300 g/mol. The summed E-state index contributed by atoms with van der Waals surface area (Å²) in [7, 11) is 1.78. The summed E-state index contributed by atoms with van der Waals surface area (Å²) in [6.45, 7) is 3.09. The van der Waals surface area contributed by atoms with Gasteiger partial charge in [0.2, 0.25) is 0 Å². The van der Waals surface area contributed by atoms with Gasteiger partial charge in [-0.05, 0) is 37.1 Å². The lowest BCUT2D eigenvalue weighted by Crippen LogP contribution is -2.41. The van der Waals surface area contributed by atoms with E-state index in [1.165, 1.54) is 5.56 Å². The predicted molar refractivity (Wildman–Crippen MR) is 81.4 cm³/mol. The first-order chi connectivity index (χ1) is 10.6. The van der Waals surface area contributed by atoms with Crippen molar-refractivity contribution < 1.29 is 9.53 Å². The van der Waals surface area contributed by atoms with E-state index in [0.29, 0.717) is 18.9 Å². The van der Waals surface area contributed by atoms with Crippen LogP contribution in [-0.2, 0) is 18.2 Å². The van der Waals surface area contributed by atoms with E-state index in [1.807, 2.05) is 19.1 Å². The zero-order valence-electron chi connectivity index (χ0n) is 12.8. The summed E-state index contributed by atoms with van der Waals surface area (Å²) in [5.74, 6) is 0.180. The minimum atomic E-state index is -0.0988. The minimum Gasteiger partial charge on any atom is -0.379 e. The first kappa shape index (κ1) is 14.7. The minimum absolute atomic E-state index is 0.0240. The lowest BCUT2D eigenvalue weighted by Gasteiger charge is -2.19. The number of ether oxygens (including phenoxy) is 1. The van der Waals surface area contributed by atoms with Crippen LogP contribution in [0, 0.1) is 12.8 Å². The molecule has 116 valence electrons. The quantitative estimate of drug-likeness (QED) is 0.918. The summed E-state index contributed by atoms with van der Waals surface area (Å²) in [5.41, 5.74) is 2.62. The summed E-state index contributed by atoms with van der Waals surface area (Å²) >= 11 is 0. The summed E-state index contributed by atoms with van der Waals surface area (Å²) in [5, 5.41) is 7.29. The molecular weight excluding hydrogens is 280 g/mol. The fourth-order valence-electron chi connectivity index (χ4n) is 2.85. The van der Waals surface area contributed by atoms with E-state index in [1.54, 1.807) is 30.2 Å². The van der Waals surface area contributed by atoms with Gasteiger partial charge in [-0.1, -0.05) is 0 Å². The van der Waals surface area contributed by atoms with E-state index >= 15 is 0 Å². The number of nitrogens with zero attached hydrogens (tertiary/aromatic N) is 3. The molecule has 1 aliphatic heterocycles. The van der Waals surface area contributed by atoms with Crippen LogP contribution in [0.25, 0.3) is 0 Å². The summed E-state index contributed by atoms with van der Waals surface area (Å²) in [6, 6.07) is 5.82. The molecule has 0 unspecified atom stereocenters. The van der Waals surface area contributed by atoms with Crippen LogP contribution in [0.2, 0.25) is 0 Å². The number of aryl methyl sites for hydroxylation is 2. The highest BCUT2D eigenvalue weighted by Crippen LogP contribution is 2.19. The first-order valence-corrected chi connectivity index (χ1v) is 7.41. The number of hydrogen-bond donors (Lipinski definition) is 1. The van der Waals surface area contributed by atoms with Crippen molar-refractivity contribution in [3.63, 3.8) is 0 Å². The highest BCUT2D eigenvalue weighted by Gasteiger charge is 2.30. The van der Waals surface area contributed by atoms with Crippen LogP contribution in [0.15, 0.2) is 30.6 Å². The first-order valence-electron chi connectivity index (χ1n) is 7.41. The normalized spacial score (nSPS) is 21.0. The number of amides is 1. The smallest absolute Gasteiger partial charge is 0.269 e. The van der Waals surface area contributed by atoms with Gasteiger partial charge in [0.1, 0.15) is 5.69 Å². The topological polar surface area (TPSA) is 69.0 Å². The molecule has 3 heterocycles. The van der Waals surface area contributed by atoms with E-state index in [2.05, 4.69) is 15.4 Å². The predicted octanol–water partition coefficient (Wildman–Crippen LogP) is 1.11. The molecule has 0 aromatic carbocycles. The van der Waals surface area contributed by atoms with Crippen LogP contribution in [-0.4, -0.2) is 39.9 Å². The zero-order chi connectivity index (χ0) is 15.5. The van der Waals surface area contributed by atoms with Crippen molar-refractivity contribution in [3.05, 3.63) is 47.5 Å². The van der Waals surface area contributed by atoms with Crippen LogP contribution in [0.4, 0.5) is 0 Å². The fourth-order valence-corrected chi connectivity index (χ4v) is 2.85. The molecule has 0 saturated carbocycles. The van der Waals surface area contributed by atoms with Crippen molar-refractivity contribution in [2.24, 2.45) is 13.0 Å². The second-order valence-corrected chi connectivity index (χ2v) is 5.73. The van der Waals surface area contributed by atoms with Crippen molar-refractivity contribution in [2.45, 2.75) is 19.4 Å². The Morgan fingerprint density at radius 1 is 1.41 bits per heavy atom. The second kappa shape index (κ2) is 6.27. The molecule has 2 atom stereocenters. The standard InChI is InChI=1S/C16H20N4O2/c1-11-7-15(20(2)19-11)16(21)18-14-10-22-9-13(14)8-12-3-5-17-6-4-12/h3-7,13-14H,8-10H2,1-2H3,(H,18,21)/t13-,14-/m1/s1. The van der Waals surface area contributed by atoms with Gasteiger partial charge in [0, 0.05) is 25.4 Å². The van der Waals surface area contributed by atoms with Crippen molar-refractivity contribution in [1.29, 1.82) is 0 Å². The van der Waals surface area contributed by atoms with Gasteiger partial charge in [0.15, 0.2) is 0 Å². The maximum Gasteiger partial charge on any atom is 0.269 e. The van der Waals surface area contributed by atoms with Crippen LogP contribution in [0.3, 0.4) is 0 Å². The maximum atomic E-state index is 12.4. The van der Waals surface area contributed by atoms with Crippen molar-refractivity contribution in [3.8, 4) is 0 Å². The van der Waals surface area contributed by atoms with Crippen molar-refractivity contribution >= 4 is 5.91 Å².